The molecule has 1 amide bonds. The van der Waals surface area contributed by atoms with Gasteiger partial charge in [-0.2, -0.15) is 4.31 Å². The second-order valence-electron chi connectivity index (χ2n) is 8.38. The van der Waals surface area contributed by atoms with E-state index in [0.717, 1.165) is 0 Å². The zero-order valence-electron chi connectivity index (χ0n) is 17.3. The summed E-state index contributed by atoms with van der Waals surface area (Å²) < 4.78 is 38.1. The van der Waals surface area contributed by atoms with Gasteiger partial charge in [-0.1, -0.05) is 25.9 Å². The predicted octanol–water partition coefficient (Wildman–Crippen LogP) is 3.02. The molecule has 3 rings (SSSR count). The molecule has 29 heavy (non-hydrogen) atoms. The van der Waals surface area contributed by atoms with Gasteiger partial charge in [0.1, 0.15) is 5.76 Å². The Kier molecular flexibility index (Phi) is 5.84. The number of nitrogens with zero attached hydrogens (tertiary/aromatic N) is 2. The summed E-state index contributed by atoms with van der Waals surface area (Å²) in [5.41, 5.74) is 0.105. The van der Waals surface area contributed by atoms with E-state index in [2.05, 4.69) is 10.5 Å². The summed E-state index contributed by atoms with van der Waals surface area (Å²) in [5, 5.41) is 6.52. The van der Waals surface area contributed by atoms with Gasteiger partial charge in [-0.25, -0.2) is 8.42 Å². The number of hydrogen-bond donors (Lipinski definition) is 1. The van der Waals surface area contributed by atoms with Gasteiger partial charge in [0.05, 0.1) is 17.1 Å². The number of carbonyl (C=O) groups excluding carboxylic acids is 1. The Balaban J connectivity index is 1.72. The molecule has 0 radical (unpaired) electrons. The highest BCUT2D eigenvalue weighted by Gasteiger charge is 2.32. The van der Waals surface area contributed by atoms with Gasteiger partial charge in [0.2, 0.25) is 10.0 Å². The van der Waals surface area contributed by atoms with Crippen molar-refractivity contribution in [1.29, 1.82) is 0 Å². The van der Waals surface area contributed by atoms with Gasteiger partial charge in [0.15, 0.2) is 5.82 Å². The maximum Gasteiger partial charge on any atom is 0.256 e. The number of carbonyl (C=O) groups is 1. The summed E-state index contributed by atoms with van der Waals surface area (Å²) in [5.74, 6) is 0.576. The molecule has 0 aliphatic carbocycles. The quantitative estimate of drug-likeness (QED) is 0.814. The number of sulfonamides is 1. The molecular weight excluding hydrogens is 394 g/mol. The number of rotatable bonds is 4. The number of amides is 1. The lowest BCUT2D eigenvalue weighted by Gasteiger charge is -2.34. The maximum atomic E-state index is 12.9. The van der Waals surface area contributed by atoms with Crippen LogP contribution in [0, 0.1) is 0 Å². The smallest absolute Gasteiger partial charge is 0.256 e. The highest BCUT2D eigenvalue weighted by atomic mass is 32.2. The molecule has 1 aliphatic rings. The molecule has 1 aromatic heterocycles. The van der Waals surface area contributed by atoms with Crippen LogP contribution in [0.15, 0.2) is 39.8 Å². The number of aromatic nitrogens is 1. The van der Waals surface area contributed by atoms with Crippen LogP contribution in [0.3, 0.4) is 0 Å². The van der Waals surface area contributed by atoms with Crippen LogP contribution in [0.25, 0.3) is 0 Å². The second-order valence-corrected chi connectivity index (χ2v) is 10.3. The van der Waals surface area contributed by atoms with Crippen molar-refractivity contribution in [1.82, 2.24) is 9.46 Å². The third kappa shape index (κ3) is 4.85. The van der Waals surface area contributed by atoms with Crippen LogP contribution in [-0.4, -0.2) is 49.1 Å². The van der Waals surface area contributed by atoms with E-state index in [1.807, 2.05) is 34.6 Å². The first-order valence-electron chi connectivity index (χ1n) is 9.51. The van der Waals surface area contributed by atoms with Crippen molar-refractivity contribution >= 4 is 21.7 Å². The number of anilines is 1. The van der Waals surface area contributed by atoms with Gasteiger partial charge < -0.3 is 14.6 Å². The molecule has 9 heteroatoms. The summed E-state index contributed by atoms with van der Waals surface area (Å²) in [6, 6.07) is 7.54. The average molecular weight is 422 g/mol. The standard InChI is InChI=1S/C20H27N3O5S/c1-13-11-23(12-14(2)27-13)29(25,26)16-8-6-15(7-9-16)19(24)21-18-10-17(28-22-18)20(3,4)5/h6-10,13-14H,11-12H2,1-5H3,(H,21,22,24). The van der Waals surface area contributed by atoms with Crippen LogP contribution in [0.1, 0.15) is 50.7 Å². The fourth-order valence-corrected chi connectivity index (χ4v) is 4.72. The highest BCUT2D eigenvalue weighted by Crippen LogP contribution is 2.25. The molecular formula is C20H27N3O5S. The van der Waals surface area contributed by atoms with Crippen molar-refractivity contribution < 1.29 is 22.5 Å². The third-order valence-corrected chi connectivity index (χ3v) is 6.48. The van der Waals surface area contributed by atoms with Crippen LogP contribution in [0.5, 0.6) is 0 Å². The SMILES string of the molecule is CC1CN(S(=O)(=O)c2ccc(C(=O)Nc3cc(C(C)(C)C)on3)cc2)CC(C)O1. The largest absolute Gasteiger partial charge is 0.373 e. The van der Waals surface area contributed by atoms with Gasteiger partial charge in [0.25, 0.3) is 5.91 Å². The highest BCUT2D eigenvalue weighted by molar-refractivity contribution is 7.89. The molecule has 1 fully saturated rings. The number of nitrogens with one attached hydrogen (secondary N) is 1. The minimum atomic E-state index is -3.65. The Hall–Kier alpha value is -2.23. The Morgan fingerprint density at radius 2 is 1.72 bits per heavy atom. The van der Waals surface area contributed by atoms with Crippen LogP contribution >= 0.6 is 0 Å². The van der Waals surface area contributed by atoms with Crippen LogP contribution in [-0.2, 0) is 20.2 Å². The van der Waals surface area contributed by atoms with Crippen molar-refractivity contribution in [3.63, 3.8) is 0 Å². The zero-order chi connectivity index (χ0) is 21.4. The van der Waals surface area contributed by atoms with Crippen molar-refractivity contribution in [2.45, 2.75) is 57.1 Å². The van der Waals surface area contributed by atoms with Crippen LogP contribution in [0.4, 0.5) is 5.82 Å². The van der Waals surface area contributed by atoms with Gasteiger partial charge in [-0.3, -0.25) is 4.79 Å². The first-order chi connectivity index (χ1) is 13.5. The minimum absolute atomic E-state index is 0.145. The maximum absolute atomic E-state index is 12.9. The van der Waals surface area contributed by atoms with Crippen molar-refractivity contribution in [2.75, 3.05) is 18.4 Å². The lowest BCUT2D eigenvalue weighted by molar-refractivity contribution is -0.0440. The summed E-state index contributed by atoms with van der Waals surface area (Å²) >= 11 is 0. The molecule has 1 aromatic carbocycles. The predicted molar refractivity (Wildman–Crippen MR) is 108 cm³/mol. The zero-order valence-corrected chi connectivity index (χ0v) is 18.1. The number of morpholine rings is 1. The molecule has 2 aromatic rings. The van der Waals surface area contributed by atoms with Crippen molar-refractivity contribution in [3.8, 4) is 0 Å². The molecule has 2 atom stereocenters. The van der Waals surface area contributed by atoms with E-state index < -0.39 is 15.9 Å². The Bertz CT molecular complexity index is 966. The molecule has 1 saturated heterocycles. The van der Waals surface area contributed by atoms with Crippen molar-refractivity contribution in [3.05, 3.63) is 41.7 Å². The summed E-state index contributed by atoms with van der Waals surface area (Å²) in [7, 11) is -3.65. The molecule has 0 bridgehead atoms. The monoisotopic (exact) mass is 421 g/mol. The van der Waals surface area contributed by atoms with E-state index in [0.29, 0.717) is 30.2 Å². The van der Waals surface area contributed by atoms with E-state index in [1.54, 1.807) is 6.07 Å². The average Bonchev–Trinajstić information content (AvgIpc) is 3.10. The Morgan fingerprint density at radius 3 is 2.24 bits per heavy atom. The third-order valence-electron chi connectivity index (χ3n) is 4.63. The van der Waals surface area contributed by atoms with Gasteiger partial charge in [-0.15, -0.1) is 0 Å². The molecule has 2 heterocycles. The fraction of sp³-hybridized carbons (Fsp3) is 0.500. The van der Waals surface area contributed by atoms with Gasteiger partial charge in [0, 0.05) is 30.1 Å². The molecule has 158 valence electrons. The van der Waals surface area contributed by atoms with Crippen LogP contribution < -0.4 is 5.32 Å². The lowest BCUT2D eigenvalue weighted by Crippen LogP contribution is -2.48. The van der Waals surface area contributed by atoms with E-state index in [9.17, 15) is 13.2 Å². The molecule has 1 aliphatic heterocycles. The van der Waals surface area contributed by atoms with E-state index in [4.69, 9.17) is 9.26 Å². The first-order valence-corrected chi connectivity index (χ1v) is 10.9. The second kappa shape index (κ2) is 7.89. The minimum Gasteiger partial charge on any atom is -0.373 e. The van der Waals surface area contributed by atoms with E-state index >= 15 is 0 Å². The van der Waals surface area contributed by atoms with E-state index in [-0.39, 0.29) is 22.5 Å². The fourth-order valence-electron chi connectivity index (χ4n) is 3.13. The lowest BCUT2D eigenvalue weighted by atomic mass is 9.93. The number of benzene rings is 1. The molecule has 8 nitrogen and oxygen atoms in total. The summed E-state index contributed by atoms with van der Waals surface area (Å²) in [6.45, 7) is 10.2. The van der Waals surface area contributed by atoms with Gasteiger partial charge >= 0.3 is 0 Å². The molecule has 1 N–H and O–H groups in total. The first kappa shape index (κ1) is 21.5. The molecule has 0 saturated carbocycles. The summed E-state index contributed by atoms with van der Waals surface area (Å²) in [6.07, 6.45) is -0.335. The summed E-state index contributed by atoms with van der Waals surface area (Å²) in [4.78, 5) is 12.6. The van der Waals surface area contributed by atoms with Gasteiger partial charge in [-0.05, 0) is 38.1 Å². The number of hydrogen-bond acceptors (Lipinski definition) is 6. The number of ether oxygens (including phenoxy) is 1. The van der Waals surface area contributed by atoms with E-state index in [1.165, 1.54) is 28.6 Å². The Labute approximate surface area is 171 Å². The Morgan fingerprint density at radius 1 is 1.14 bits per heavy atom. The molecule has 0 spiro atoms. The topological polar surface area (TPSA) is 102 Å². The molecule has 2 unspecified atom stereocenters. The van der Waals surface area contributed by atoms with Crippen molar-refractivity contribution in [2.24, 2.45) is 0 Å². The van der Waals surface area contributed by atoms with Crippen LogP contribution in [0.2, 0.25) is 0 Å². The normalized spacial score (nSPS) is 21.1.